The van der Waals surface area contributed by atoms with Crippen molar-refractivity contribution < 1.29 is 26.8 Å². The molecule has 0 atom stereocenters. The van der Waals surface area contributed by atoms with Gasteiger partial charge in [0.15, 0.2) is 5.76 Å². The lowest BCUT2D eigenvalue weighted by molar-refractivity contribution is -0.137. The van der Waals surface area contributed by atoms with Crippen molar-refractivity contribution in [1.82, 2.24) is 14.9 Å². The van der Waals surface area contributed by atoms with Crippen LogP contribution in [0.15, 0.2) is 34.7 Å². The number of aryl methyl sites for hydroxylation is 1. The lowest BCUT2D eigenvalue weighted by Gasteiger charge is -2.14. The van der Waals surface area contributed by atoms with E-state index in [9.17, 15) is 22.4 Å². The molecule has 1 amide bonds. The highest BCUT2D eigenvalue weighted by Crippen LogP contribution is 2.40. The van der Waals surface area contributed by atoms with Crippen molar-refractivity contribution in [3.8, 4) is 11.5 Å². The van der Waals surface area contributed by atoms with E-state index >= 15 is 0 Å². The number of nitrogens with two attached hydrogens (primary N) is 1. The van der Waals surface area contributed by atoms with Gasteiger partial charge in [0.25, 0.3) is 5.91 Å². The van der Waals surface area contributed by atoms with Gasteiger partial charge in [-0.25, -0.2) is 14.4 Å². The lowest BCUT2D eigenvalue weighted by Crippen LogP contribution is -2.18. The molecule has 1 aliphatic heterocycles. The number of hydrogen-bond acceptors (Lipinski definition) is 5. The molecular weight excluding hydrogens is 404 g/mol. The summed E-state index contributed by atoms with van der Waals surface area (Å²) >= 11 is 0. The molecule has 0 fully saturated rings. The van der Waals surface area contributed by atoms with Crippen LogP contribution >= 0.6 is 0 Å². The molecule has 1 aromatic carbocycles. The second-order valence-corrected chi connectivity index (χ2v) is 6.69. The highest BCUT2D eigenvalue weighted by molar-refractivity contribution is 6.14. The Balaban J connectivity index is 1.95. The van der Waals surface area contributed by atoms with Crippen molar-refractivity contribution in [3.63, 3.8) is 0 Å². The topological polar surface area (TPSA) is 85.2 Å². The van der Waals surface area contributed by atoms with Gasteiger partial charge in [-0.2, -0.15) is 13.2 Å². The minimum atomic E-state index is -4.79. The Morgan fingerprint density at radius 3 is 2.47 bits per heavy atom. The first-order valence-corrected chi connectivity index (χ1v) is 8.67. The molecule has 1 aliphatic rings. The van der Waals surface area contributed by atoms with Crippen LogP contribution in [0.5, 0.6) is 0 Å². The number of hydrogen-bond donors (Lipinski definition) is 1. The molecule has 4 rings (SSSR count). The summed E-state index contributed by atoms with van der Waals surface area (Å²) in [6.07, 6.45) is -3.67. The summed E-state index contributed by atoms with van der Waals surface area (Å²) in [6.45, 7) is 1.71. The average Bonchev–Trinajstić information content (AvgIpc) is 3.19. The average molecular weight is 418 g/mol. The smallest absolute Gasteiger partial charge is 0.417 e. The number of furan rings is 1. The molecule has 6 nitrogen and oxygen atoms in total. The number of fused-ring (bicyclic) bond motifs is 1. The molecule has 0 saturated heterocycles. The molecule has 0 spiro atoms. The van der Waals surface area contributed by atoms with Gasteiger partial charge in [0, 0.05) is 7.05 Å². The zero-order chi connectivity index (χ0) is 21.8. The number of nitrogen functional groups attached to an aromatic ring is 1. The van der Waals surface area contributed by atoms with Crippen molar-refractivity contribution in [2.45, 2.75) is 13.1 Å². The van der Waals surface area contributed by atoms with Crippen LogP contribution < -0.4 is 5.73 Å². The third-order valence-electron chi connectivity index (χ3n) is 4.64. The van der Waals surface area contributed by atoms with E-state index in [1.54, 1.807) is 19.1 Å². The molecule has 3 aromatic rings. The van der Waals surface area contributed by atoms with Gasteiger partial charge in [0.05, 0.1) is 16.8 Å². The van der Waals surface area contributed by atoms with Crippen LogP contribution in [-0.4, -0.2) is 27.8 Å². The van der Waals surface area contributed by atoms with E-state index in [1.165, 1.54) is 7.05 Å². The summed E-state index contributed by atoms with van der Waals surface area (Å²) in [7, 11) is 1.39. The molecule has 0 bridgehead atoms. The Hall–Kier alpha value is -3.69. The second-order valence-electron chi connectivity index (χ2n) is 6.69. The maximum atomic E-state index is 13.4. The van der Waals surface area contributed by atoms with Gasteiger partial charge in [0.2, 0.25) is 5.95 Å². The van der Waals surface area contributed by atoms with Crippen molar-refractivity contribution in [2.24, 2.45) is 0 Å². The Morgan fingerprint density at radius 1 is 1.13 bits per heavy atom. The summed E-state index contributed by atoms with van der Waals surface area (Å²) in [4.78, 5) is 22.2. The van der Waals surface area contributed by atoms with Gasteiger partial charge < -0.3 is 15.1 Å². The van der Waals surface area contributed by atoms with Crippen LogP contribution in [0, 0.1) is 12.7 Å². The number of halogens is 4. The van der Waals surface area contributed by atoms with Gasteiger partial charge in [-0.3, -0.25) is 4.79 Å². The highest BCUT2D eigenvalue weighted by atomic mass is 19.4. The molecule has 2 aromatic heterocycles. The molecule has 3 heterocycles. The van der Waals surface area contributed by atoms with Crippen molar-refractivity contribution in [2.75, 3.05) is 12.8 Å². The Labute approximate surface area is 167 Å². The van der Waals surface area contributed by atoms with Crippen LogP contribution in [0.3, 0.4) is 0 Å². The predicted molar refractivity (Wildman–Crippen MR) is 100 cm³/mol. The van der Waals surface area contributed by atoms with E-state index < -0.39 is 23.5 Å². The molecular formula is C20H14F4N4O2. The van der Waals surface area contributed by atoms with Gasteiger partial charge in [-0.1, -0.05) is 6.07 Å². The van der Waals surface area contributed by atoms with Crippen LogP contribution in [0.25, 0.3) is 23.2 Å². The first-order chi connectivity index (χ1) is 14.1. The van der Waals surface area contributed by atoms with E-state index in [2.05, 4.69) is 9.97 Å². The molecule has 2 N–H and O–H groups in total. The fourth-order valence-electron chi connectivity index (χ4n) is 3.25. The molecule has 154 valence electrons. The predicted octanol–water partition coefficient (Wildman–Crippen LogP) is 4.37. The number of benzene rings is 1. The van der Waals surface area contributed by atoms with E-state index in [4.69, 9.17) is 10.2 Å². The molecule has 0 radical (unpaired) electrons. The van der Waals surface area contributed by atoms with Crippen LogP contribution in [0.1, 0.15) is 32.9 Å². The van der Waals surface area contributed by atoms with Gasteiger partial charge in [-0.15, -0.1) is 0 Å². The Bertz CT molecular complexity index is 1210. The number of carbonyl (C=O) groups excluding carboxylic acids is 1. The Morgan fingerprint density at radius 2 is 1.83 bits per heavy atom. The second kappa shape index (κ2) is 6.68. The lowest BCUT2D eigenvalue weighted by atomic mass is 10.0. The van der Waals surface area contributed by atoms with Gasteiger partial charge >= 0.3 is 6.18 Å². The molecule has 0 saturated carbocycles. The van der Waals surface area contributed by atoms with Crippen molar-refractivity contribution >= 4 is 23.6 Å². The number of amides is 1. The SMILES string of the molecule is Cc1ccc(-c2nc(N)nc3c2C(=O)N(C)/C3=C\c2ccc(F)cc2C(F)(F)F)o1. The highest BCUT2D eigenvalue weighted by Gasteiger charge is 2.38. The Kier molecular flexibility index (Phi) is 4.37. The van der Waals surface area contributed by atoms with E-state index in [0.29, 0.717) is 11.8 Å². The monoisotopic (exact) mass is 418 g/mol. The zero-order valence-corrected chi connectivity index (χ0v) is 15.7. The van der Waals surface area contributed by atoms with Crippen LogP contribution in [0.2, 0.25) is 0 Å². The van der Waals surface area contributed by atoms with Crippen LogP contribution in [0.4, 0.5) is 23.5 Å². The first-order valence-electron chi connectivity index (χ1n) is 8.67. The van der Waals surface area contributed by atoms with Crippen LogP contribution in [-0.2, 0) is 6.18 Å². The quantitative estimate of drug-likeness (QED) is 0.625. The molecule has 0 aliphatic carbocycles. The van der Waals surface area contributed by atoms with E-state index in [0.717, 1.165) is 23.1 Å². The van der Waals surface area contributed by atoms with E-state index in [-0.39, 0.29) is 39.9 Å². The molecule has 10 heteroatoms. The van der Waals surface area contributed by atoms with Gasteiger partial charge in [0.1, 0.15) is 23.0 Å². The summed E-state index contributed by atoms with van der Waals surface area (Å²) in [5.41, 5.74) is 4.64. The summed E-state index contributed by atoms with van der Waals surface area (Å²) in [5, 5.41) is 0. The summed E-state index contributed by atoms with van der Waals surface area (Å²) in [5.74, 6) is -0.883. The minimum absolute atomic E-state index is 0.0583. The summed E-state index contributed by atoms with van der Waals surface area (Å²) < 4.78 is 59.1. The maximum absolute atomic E-state index is 13.4. The fourth-order valence-corrected chi connectivity index (χ4v) is 3.25. The molecule has 30 heavy (non-hydrogen) atoms. The van der Waals surface area contributed by atoms with E-state index in [1.807, 2.05) is 0 Å². The third-order valence-corrected chi connectivity index (χ3v) is 4.64. The maximum Gasteiger partial charge on any atom is 0.417 e. The summed E-state index contributed by atoms with van der Waals surface area (Å²) in [6, 6.07) is 5.57. The number of rotatable bonds is 2. The largest absolute Gasteiger partial charge is 0.460 e. The zero-order valence-electron chi connectivity index (χ0n) is 15.7. The van der Waals surface area contributed by atoms with Crippen molar-refractivity contribution in [3.05, 3.63) is 64.3 Å². The van der Waals surface area contributed by atoms with Crippen molar-refractivity contribution in [1.29, 1.82) is 0 Å². The number of alkyl halides is 3. The fraction of sp³-hybridized carbons (Fsp3) is 0.150. The standard InChI is InChI=1S/C20H14F4N4O2/c1-9-3-6-14(30-9)17-15-16(26-19(25)27-17)13(28(2)18(15)29)7-10-4-5-11(21)8-12(10)20(22,23)24/h3-8H,1-2H3,(H2,25,26,27)/b13-7-. The number of aromatic nitrogens is 2. The first kappa shape index (κ1) is 19.6. The molecule has 0 unspecified atom stereocenters. The van der Waals surface area contributed by atoms with Gasteiger partial charge in [-0.05, 0) is 42.8 Å². The third kappa shape index (κ3) is 3.19. The number of nitrogens with zero attached hydrogens (tertiary/aromatic N) is 3. The minimum Gasteiger partial charge on any atom is -0.460 e. The normalized spacial score (nSPS) is 15.2. The number of carbonyl (C=O) groups is 1. The number of anilines is 1.